The molecule has 0 unspecified atom stereocenters. The average Bonchev–Trinajstić information content (AvgIpc) is 3.44. The van der Waals surface area contributed by atoms with Gasteiger partial charge in [-0.1, -0.05) is 36.4 Å². The molecule has 1 saturated heterocycles. The number of amides is 1. The standard InChI is InChI=1S/C29H23N5O7/c35-26(32-12-14-39-15-13-32)18-40-27-20(7-5-10-23(27)34(37)38)17-30-33-28(25-16-19-6-1-4-11-24(19)41-25)31-22-9-3-2-8-21(22)29(33)36/h1-11,16-17H,12-15,18H2. The number of morpholine rings is 1. The molecule has 6 rings (SSSR count). The van der Waals surface area contributed by atoms with Crippen molar-refractivity contribution in [1.82, 2.24) is 14.6 Å². The molecular weight excluding hydrogens is 530 g/mol. The number of fused-ring (bicyclic) bond motifs is 2. The molecule has 1 aliphatic rings. The van der Waals surface area contributed by atoms with Crippen LogP contribution in [-0.4, -0.2) is 64.5 Å². The first-order valence-electron chi connectivity index (χ1n) is 12.8. The normalized spacial score (nSPS) is 13.7. The number of carbonyl (C=O) groups is 1. The van der Waals surface area contributed by atoms with E-state index in [0.29, 0.717) is 48.5 Å². The van der Waals surface area contributed by atoms with Crippen molar-refractivity contribution >= 4 is 39.7 Å². The molecule has 1 aliphatic heterocycles. The van der Waals surface area contributed by atoms with Gasteiger partial charge in [0.25, 0.3) is 11.5 Å². The Morgan fingerprint density at radius 3 is 2.66 bits per heavy atom. The van der Waals surface area contributed by atoms with Gasteiger partial charge in [-0.3, -0.25) is 19.7 Å². The molecule has 0 spiro atoms. The third kappa shape index (κ3) is 5.15. The molecule has 12 nitrogen and oxygen atoms in total. The number of furan rings is 1. The molecule has 41 heavy (non-hydrogen) atoms. The van der Waals surface area contributed by atoms with E-state index in [1.165, 1.54) is 18.3 Å². The zero-order valence-electron chi connectivity index (χ0n) is 21.6. The number of carbonyl (C=O) groups excluding carboxylic acids is 1. The number of ether oxygens (including phenoxy) is 2. The Morgan fingerprint density at radius 2 is 1.85 bits per heavy atom. The molecule has 206 valence electrons. The highest BCUT2D eigenvalue weighted by Gasteiger charge is 2.23. The molecule has 0 atom stereocenters. The molecule has 0 bridgehead atoms. The summed E-state index contributed by atoms with van der Waals surface area (Å²) in [6, 6.07) is 20.3. The van der Waals surface area contributed by atoms with Crippen LogP contribution in [0.3, 0.4) is 0 Å². The molecule has 0 saturated carbocycles. The number of hydrogen-bond acceptors (Lipinski definition) is 9. The van der Waals surface area contributed by atoms with E-state index in [0.717, 1.165) is 10.1 Å². The highest BCUT2D eigenvalue weighted by molar-refractivity contribution is 5.88. The smallest absolute Gasteiger partial charge is 0.311 e. The summed E-state index contributed by atoms with van der Waals surface area (Å²) in [5.74, 6) is 0.000718. The summed E-state index contributed by atoms with van der Waals surface area (Å²) < 4.78 is 18.0. The van der Waals surface area contributed by atoms with Crippen LogP contribution in [0.5, 0.6) is 5.75 Å². The van der Waals surface area contributed by atoms with E-state index < -0.39 is 17.1 Å². The average molecular weight is 554 g/mol. The number of nitrogens with zero attached hydrogens (tertiary/aromatic N) is 5. The Kier molecular flexibility index (Phi) is 6.96. The van der Waals surface area contributed by atoms with Crippen LogP contribution < -0.4 is 10.3 Å². The quantitative estimate of drug-likeness (QED) is 0.168. The van der Waals surface area contributed by atoms with E-state index in [1.54, 1.807) is 47.4 Å². The van der Waals surface area contributed by atoms with E-state index >= 15 is 0 Å². The van der Waals surface area contributed by atoms with Gasteiger partial charge in [0.1, 0.15) is 5.58 Å². The number of rotatable bonds is 7. The van der Waals surface area contributed by atoms with Crippen LogP contribution in [0.15, 0.2) is 87.1 Å². The second-order valence-electron chi connectivity index (χ2n) is 9.20. The van der Waals surface area contributed by atoms with Crippen molar-refractivity contribution in [3.63, 3.8) is 0 Å². The predicted molar refractivity (Wildman–Crippen MR) is 150 cm³/mol. The van der Waals surface area contributed by atoms with E-state index in [-0.39, 0.29) is 28.7 Å². The van der Waals surface area contributed by atoms with Crippen molar-refractivity contribution in [2.24, 2.45) is 5.10 Å². The van der Waals surface area contributed by atoms with Gasteiger partial charge in [0, 0.05) is 30.1 Å². The second-order valence-corrected chi connectivity index (χ2v) is 9.20. The highest BCUT2D eigenvalue weighted by Crippen LogP contribution is 2.31. The van der Waals surface area contributed by atoms with Gasteiger partial charge in [-0.05, 0) is 30.3 Å². The van der Waals surface area contributed by atoms with Crippen LogP contribution in [0.1, 0.15) is 5.56 Å². The first-order valence-corrected chi connectivity index (χ1v) is 12.8. The van der Waals surface area contributed by atoms with Crippen molar-refractivity contribution in [2.75, 3.05) is 32.9 Å². The number of benzene rings is 3. The van der Waals surface area contributed by atoms with Gasteiger partial charge in [0.2, 0.25) is 11.6 Å². The van der Waals surface area contributed by atoms with Gasteiger partial charge in [-0.15, -0.1) is 0 Å². The lowest BCUT2D eigenvalue weighted by atomic mass is 10.2. The van der Waals surface area contributed by atoms with Gasteiger partial charge in [-0.25, -0.2) is 4.98 Å². The van der Waals surface area contributed by atoms with Gasteiger partial charge in [0.15, 0.2) is 12.4 Å². The lowest BCUT2D eigenvalue weighted by molar-refractivity contribution is -0.385. The molecule has 0 aliphatic carbocycles. The summed E-state index contributed by atoms with van der Waals surface area (Å²) in [5, 5.41) is 17.4. The van der Waals surface area contributed by atoms with Crippen LogP contribution in [0.4, 0.5) is 5.69 Å². The molecule has 2 aromatic heterocycles. The van der Waals surface area contributed by atoms with Crippen molar-refractivity contribution in [3.05, 3.63) is 98.8 Å². The van der Waals surface area contributed by atoms with E-state index in [9.17, 15) is 19.7 Å². The first kappa shape index (κ1) is 25.9. The minimum atomic E-state index is -0.602. The molecule has 0 radical (unpaired) electrons. The van der Waals surface area contributed by atoms with Crippen LogP contribution >= 0.6 is 0 Å². The van der Waals surface area contributed by atoms with Crippen LogP contribution in [0.25, 0.3) is 33.5 Å². The van der Waals surface area contributed by atoms with Gasteiger partial charge in [0.05, 0.1) is 35.3 Å². The lowest BCUT2D eigenvalue weighted by Crippen LogP contribution is -2.43. The van der Waals surface area contributed by atoms with E-state index in [2.05, 4.69) is 10.1 Å². The Labute approximate surface area is 232 Å². The zero-order chi connectivity index (χ0) is 28.3. The molecule has 0 N–H and O–H groups in total. The molecule has 3 heterocycles. The highest BCUT2D eigenvalue weighted by atomic mass is 16.6. The summed E-state index contributed by atoms with van der Waals surface area (Å²) in [6.07, 6.45) is 1.27. The number of nitro benzene ring substituents is 1. The maximum Gasteiger partial charge on any atom is 0.311 e. The van der Waals surface area contributed by atoms with Crippen LogP contribution in [-0.2, 0) is 9.53 Å². The van der Waals surface area contributed by atoms with Crippen molar-refractivity contribution in [3.8, 4) is 17.3 Å². The SMILES string of the molecule is O=C(COc1c(C=Nn2c(-c3cc4ccccc4o3)nc3ccccc3c2=O)cccc1[N+](=O)[O-])N1CCOCC1. The first-order chi connectivity index (χ1) is 20.0. The summed E-state index contributed by atoms with van der Waals surface area (Å²) in [6.45, 7) is 1.24. The van der Waals surface area contributed by atoms with Crippen molar-refractivity contribution in [1.29, 1.82) is 0 Å². The van der Waals surface area contributed by atoms with Crippen molar-refractivity contribution in [2.45, 2.75) is 0 Å². The summed E-state index contributed by atoms with van der Waals surface area (Å²) in [5.41, 5.74) is 0.465. The predicted octanol–water partition coefficient (Wildman–Crippen LogP) is 3.84. The van der Waals surface area contributed by atoms with E-state index in [4.69, 9.17) is 13.9 Å². The number of para-hydroxylation sites is 3. The number of aromatic nitrogens is 2. The molecule has 1 amide bonds. The third-order valence-corrected chi connectivity index (χ3v) is 6.64. The Bertz CT molecular complexity index is 1840. The fraction of sp³-hybridized carbons (Fsp3) is 0.172. The maximum atomic E-state index is 13.6. The molecule has 12 heteroatoms. The van der Waals surface area contributed by atoms with Gasteiger partial charge < -0.3 is 18.8 Å². The van der Waals surface area contributed by atoms with Crippen molar-refractivity contribution < 1.29 is 23.6 Å². The Morgan fingerprint density at radius 1 is 1.07 bits per heavy atom. The Balaban J connectivity index is 1.42. The third-order valence-electron chi connectivity index (χ3n) is 6.64. The fourth-order valence-electron chi connectivity index (χ4n) is 4.59. The Hall–Kier alpha value is -5.36. The monoisotopic (exact) mass is 553 g/mol. The molecule has 3 aromatic carbocycles. The molecule has 5 aromatic rings. The van der Waals surface area contributed by atoms with Gasteiger partial charge in [-0.2, -0.15) is 9.78 Å². The minimum absolute atomic E-state index is 0.144. The van der Waals surface area contributed by atoms with Crippen LogP contribution in [0, 0.1) is 10.1 Å². The second kappa shape index (κ2) is 11.0. The largest absolute Gasteiger partial charge is 0.476 e. The summed E-state index contributed by atoms with van der Waals surface area (Å²) in [4.78, 5) is 43.7. The minimum Gasteiger partial charge on any atom is -0.476 e. The lowest BCUT2D eigenvalue weighted by Gasteiger charge is -2.26. The fourth-order valence-corrected chi connectivity index (χ4v) is 4.59. The number of hydrogen-bond donors (Lipinski definition) is 0. The maximum absolute atomic E-state index is 13.6. The van der Waals surface area contributed by atoms with E-state index in [1.807, 2.05) is 18.2 Å². The summed E-state index contributed by atoms with van der Waals surface area (Å²) >= 11 is 0. The molecule has 1 fully saturated rings. The van der Waals surface area contributed by atoms with Crippen LogP contribution in [0.2, 0.25) is 0 Å². The topological polar surface area (TPSA) is 142 Å². The zero-order valence-corrected chi connectivity index (χ0v) is 21.6. The van der Waals surface area contributed by atoms with Gasteiger partial charge >= 0.3 is 5.69 Å². The summed E-state index contributed by atoms with van der Waals surface area (Å²) in [7, 11) is 0. The number of nitro groups is 1. The molecular formula is C29H23N5O7.